The number of nitrogens with one attached hydrogen (secondary N) is 1. The molecule has 1 aliphatic carbocycles. The third kappa shape index (κ3) is 2.61. The first-order valence-corrected chi connectivity index (χ1v) is 7.89. The van der Waals surface area contributed by atoms with Crippen LogP contribution in [0.4, 0.5) is 5.82 Å². The lowest BCUT2D eigenvalue weighted by molar-refractivity contribution is -0.0516. The van der Waals surface area contributed by atoms with Crippen LogP contribution in [0, 0.1) is 11.8 Å². The van der Waals surface area contributed by atoms with Gasteiger partial charge in [0, 0.05) is 17.7 Å². The summed E-state index contributed by atoms with van der Waals surface area (Å²) in [5, 5.41) is 11.9. The van der Waals surface area contributed by atoms with Gasteiger partial charge < -0.3 is 15.2 Å². The molecule has 1 amide bonds. The Morgan fingerprint density at radius 1 is 1.29 bits per heavy atom. The third-order valence-electron chi connectivity index (χ3n) is 4.61. The molecule has 2 aliphatic rings. The van der Waals surface area contributed by atoms with Crippen LogP contribution in [0.3, 0.4) is 0 Å². The van der Waals surface area contributed by atoms with Crippen LogP contribution in [-0.2, 0) is 4.74 Å². The van der Waals surface area contributed by atoms with Gasteiger partial charge in [0.1, 0.15) is 12.0 Å². The zero-order valence-corrected chi connectivity index (χ0v) is 12.8. The van der Waals surface area contributed by atoms with Crippen molar-refractivity contribution < 1.29 is 14.6 Å². The summed E-state index contributed by atoms with van der Waals surface area (Å²) in [6.07, 6.45) is 1.94. The van der Waals surface area contributed by atoms with E-state index in [1.54, 1.807) is 36.5 Å². The number of amides is 1. The first-order valence-electron chi connectivity index (χ1n) is 7.89. The van der Waals surface area contributed by atoms with Crippen LogP contribution < -0.4 is 11.0 Å². The first-order chi connectivity index (χ1) is 11.7. The van der Waals surface area contributed by atoms with Gasteiger partial charge in [0.05, 0.1) is 12.7 Å². The third-order valence-corrected chi connectivity index (χ3v) is 4.61. The number of aliphatic hydroxyl groups excluding tert-OH is 1. The van der Waals surface area contributed by atoms with Crippen LogP contribution in [0.25, 0.3) is 0 Å². The van der Waals surface area contributed by atoms with Crippen molar-refractivity contribution in [3.8, 4) is 0 Å². The Hall–Kier alpha value is -2.51. The van der Waals surface area contributed by atoms with Crippen LogP contribution in [-0.4, -0.2) is 33.3 Å². The SMILES string of the molecule is O=C(Nc1ccn([C@H]2O[C@H](CO)[C@@H]3C[C@@H]32)c(=O)n1)c1ccccc1. The summed E-state index contributed by atoms with van der Waals surface area (Å²) in [5.74, 6) is 0.463. The number of benzene rings is 1. The summed E-state index contributed by atoms with van der Waals surface area (Å²) >= 11 is 0. The molecular weight excluding hydrogens is 310 g/mol. The smallest absolute Gasteiger partial charge is 0.351 e. The number of ether oxygens (including phenoxy) is 1. The molecule has 1 aromatic carbocycles. The van der Waals surface area contributed by atoms with E-state index in [2.05, 4.69) is 10.3 Å². The molecule has 4 rings (SSSR count). The average Bonchev–Trinajstić information content (AvgIpc) is 3.31. The number of nitrogens with zero attached hydrogens (tertiary/aromatic N) is 2. The summed E-state index contributed by atoms with van der Waals surface area (Å²) in [6.45, 7) is -0.0366. The molecule has 1 saturated carbocycles. The highest BCUT2D eigenvalue weighted by Crippen LogP contribution is 2.56. The van der Waals surface area contributed by atoms with Crippen LogP contribution in [0.1, 0.15) is 23.0 Å². The Labute approximate surface area is 137 Å². The van der Waals surface area contributed by atoms with E-state index in [9.17, 15) is 14.7 Å². The lowest BCUT2D eigenvalue weighted by atomic mass is 10.2. The molecule has 0 bridgehead atoms. The van der Waals surface area contributed by atoms with Gasteiger partial charge in [0.25, 0.3) is 5.91 Å². The fourth-order valence-electron chi connectivity index (χ4n) is 3.28. The minimum Gasteiger partial charge on any atom is -0.394 e. The second kappa shape index (κ2) is 5.85. The first kappa shape index (κ1) is 15.0. The van der Waals surface area contributed by atoms with Crippen molar-refractivity contribution in [3.05, 3.63) is 58.6 Å². The summed E-state index contributed by atoms with van der Waals surface area (Å²) in [6, 6.07) is 10.3. The van der Waals surface area contributed by atoms with Crippen molar-refractivity contribution in [2.75, 3.05) is 11.9 Å². The molecule has 7 nitrogen and oxygen atoms in total. The molecule has 7 heteroatoms. The van der Waals surface area contributed by atoms with E-state index in [0.29, 0.717) is 11.5 Å². The molecule has 1 saturated heterocycles. The molecule has 0 radical (unpaired) electrons. The monoisotopic (exact) mass is 327 g/mol. The predicted molar refractivity (Wildman–Crippen MR) is 85.5 cm³/mol. The highest BCUT2D eigenvalue weighted by atomic mass is 16.5. The molecule has 0 spiro atoms. The number of rotatable bonds is 4. The van der Waals surface area contributed by atoms with Crippen molar-refractivity contribution in [1.82, 2.24) is 9.55 Å². The Balaban J connectivity index is 1.51. The summed E-state index contributed by atoms with van der Waals surface area (Å²) in [7, 11) is 0. The quantitative estimate of drug-likeness (QED) is 0.874. The summed E-state index contributed by atoms with van der Waals surface area (Å²) in [4.78, 5) is 28.3. The number of fused-ring (bicyclic) bond motifs is 1. The van der Waals surface area contributed by atoms with E-state index in [4.69, 9.17) is 4.74 Å². The van der Waals surface area contributed by atoms with Crippen molar-refractivity contribution in [3.63, 3.8) is 0 Å². The number of carbonyl (C=O) groups excluding carboxylic acids is 1. The predicted octanol–water partition coefficient (Wildman–Crippen LogP) is 1.02. The topological polar surface area (TPSA) is 93.5 Å². The second-order valence-electron chi connectivity index (χ2n) is 6.13. The number of hydrogen-bond acceptors (Lipinski definition) is 5. The van der Waals surface area contributed by atoms with Gasteiger partial charge >= 0.3 is 5.69 Å². The highest BCUT2D eigenvalue weighted by Gasteiger charge is 2.56. The molecule has 2 heterocycles. The van der Waals surface area contributed by atoms with Crippen molar-refractivity contribution in [2.24, 2.45) is 11.8 Å². The van der Waals surface area contributed by atoms with Gasteiger partial charge in [-0.25, -0.2) is 4.79 Å². The van der Waals surface area contributed by atoms with Gasteiger partial charge in [-0.3, -0.25) is 9.36 Å². The van der Waals surface area contributed by atoms with E-state index in [0.717, 1.165) is 6.42 Å². The minimum absolute atomic E-state index is 0.0366. The summed E-state index contributed by atoms with van der Waals surface area (Å²) in [5.41, 5.74) is 0.0179. The van der Waals surface area contributed by atoms with E-state index < -0.39 is 5.69 Å². The molecule has 124 valence electrons. The Morgan fingerprint density at radius 2 is 2.08 bits per heavy atom. The maximum atomic E-state index is 12.3. The van der Waals surface area contributed by atoms with Crippen LogP contribution in [0.15, 0.2) is 47.4 Å². The lowest BCUT2D eigenvalue weighted by Gasteiger charge is -2.18. The standard InChI is InChI=1S/C17H17N3O4/c21-9-13-11-8-12(11)16(24-13)20-7-6-14(19-17(20)23)18-15(22)10-4-2-1-3-5-10/h1-7,11-13,16,21H,8-9H2,(H,18,19,22,23)/t11-,12+,13-,16+/m1/s1. The fraction of sp³-hybridized carbons (Fsp3) is 0.353. The largest absolute Gasteiger partial charge is 0.394 e. The number of aromatic nitrogens is 2. The highest BCUT2D eigenvalue weighted by molar-refractivity contribution is 6.03. The van der Waals surface area contributed by atoms with E-state index >= 15 is 0 Å². The van der Waals surface area contributed by atoms with Gasteiger partial charge in [0.2, 0.25) is 0 Å². The lowest BCUT2D eigenvalue weighted by Crippen LogP contribution is -2.30. The van der Waals surface area contributed by atoms with Crippen molar-refractivity contribution in [1.29, 1.82) is 0 Å². The average molecular weight is 327 g/mol. The van der Waals surface area contributed by atoms with Gasteiger partial charge in [-0.05, 0) is 30.5 Å². The minimum atomic E-state index is -0.477. The van der Waals surface area contributed by atoms with Gasteiger partial charge in [0.15, 0.2) is 0 Å². The number of hydrogen-bond donors (Lipinski definition) is 2. The van der Waals surface area contributed by atoms with Crippen LogP contribution in [0.2, 0.25) is 0 Å². The molecule has 1 aliphatic heterocycles. The molecule has 4 atom stereocenters. The van der Waals surface area contributed by atoms with E-state index in [-0.39, 0.29) is 36.6 Å². The molecule has 2 fully saturated rings. The zero-order valence-electron chi connectivity index (χ0n) is 12.8. The van der Waals surface area contributed by atoms with Crippen molar-refractivity contribution >= 4 is 11.7 Å². The second-order valence-corrected chi connectivity index (χ2v) is 6.13. The van der Waals surface area contributed by atoms with Crippen molar-refractivity contribution in [2.45, 2.75) is 18.8 Å². The van der Waals surface area contributed by atoms with Crippen LogP contribution in [0.5, 0.6) is 0 Å². The van der Waals surface area contributed by atoms with Crippen LogP contribution >= 0.6 is 0 Å². The van der Waals surface area contributed by atoms with Gasteiger partial charge in [-0.15, -0.1) is 0 Å². The maximum absolute atomic E-state index is 12.3. The molecule has 24 heavy (non-hydrogen) atoms. The van der Waals surface area contributed by atoms with E-state index in [1.165, 1.54) is 4.57 Å². The number of anilines is 1. The maximum Gasteiger partial charge on any atom is 0.351 e. The zero-order chi connectivity index (χ0) is 16.7. The van der Waals surface area contributed by atoms with Gasteiger partial charge in [-0.1, -0.05) is 18.2 Å². The van der Waals surface area contributed by atoms with Gasteiger partial charge in [-0.2, -0.15) is 4.98 Å². The normalized spacial score (nSPS) is 27.5. The number of carbonyl (C=O) groups is 1. The molecule has 1 aromatic heterocycles. The molecule has 2 N–H and O–H groups in total. The molecule has 2 aromatic rings. The Kier molecular flexibility index (Phi) is 3.66. The Bertz CT molecular complexity index is 820. The van der Waals surface area contributed by atoms with E-state index in [1.807, 2.05) is 6.07 Å². The molecular formula is C17H17N3O4. The number of aliphatic hydroxyl groups is 1. The summed E-state index contributed by atoms with van der Waals surface area (Å²) < 4.78 is 7.14. The Morgan fingerprint density at radius 3 is 2.75 bits per heavy atom. The fourth-order valence-corrected chi connectivity index (χ4v) is 3.28. The molecule has 0 unspecified atom stereocenters.